The molecule has 0 fully saturated rings. The summed E-state index contributed by atoms with van der Waals surface area (Å²) >= 11 is 0. The molecule has 6 heteroatoms. The molecule has 2 aromatic rings. The summed E-state index contributed by atoms with van der Waals surface area (Å²) in [5, 5.41) is 2.85. The van der Waals surface area contributed by atoms with E-state index in [0.29, 0.717) is 28.4 Å². The summed E-state index contributed by atoms with van der Waals surface area (Å²) in [5.41, 5.74) is 1.78. The molecule has 1 atom stereocenters. The van der Waals surface area contributed by atoms with E-state index in [1.54, 1.807) is 36.3 Å². The van der Waals surface area contributed by atoms with Crippen LogP contribution in [0, 0.1) is 0 Å². The van der Waals surface area contributed by atoms with Crippen molar-refractivity contribution in [3.63, 3.8) is 0 Å². The highest BCUT2D eigenvalue weighted by Gasteiger charge is 2.30. The maximum atomic E-state index is 13.2. The van der Waals surface area contributed by atoms with Crippen LogP contribution in [0.4, 0.5) is 11.4 Å². The number of hydrogen-bond acceptors (Lipinski definition) is 4. The zero-order chi connectivity index (χ0) is 18.0. The number of carbonyl (C=O) groups is 2. The van der Waals surface area contributed by atoms with Crippen LogP contribution < -0.4 is 19.7 Å². The molecule has 0 aliphatic carbocycles. The molecule has 3 rings (SSSR count). The predicted octanol–water partition coefficient (Wildman–Crippen LogP) is 3.08. The lowest BCUT2D eigenvalue weighted by atomic mass is 10.1. The first kappa shape index (κ1) is 16.8. The standard InChI is InChI=1S/C19H20N2O4/c1-12-10-18(22)20-14-6-4-5-7-15(14)21(12)19(23)13-8-9-16(24-2)17(11-13)25-3/h4-9,11-12H,10H2,1-3H3,(H,20,22)/t12-/m1/s1. The zero-order valence-electron chi connectivity index (χ0n) is 14.4. The van der Waals surface area contributed by atoms with Crippen LogP contribution in [0.15, 0.2) is 42.5 Å². The second kappa shape index (κ2) is 6.84. The van der Waals surface area contributed by atoms with Gasteiger partial charge in [0, 0.05) is 18.0 Å². The molecule has 1 heterocycles. The van der Waals surface area contributed by atoms with E-state index >= 15 is 0 Å². The molecule has 0 bridgehead atoms. The lowest BCUT2D eigenvalue weighted by Gasteiger charge is -2.28. The van der Waals surface area contributed by atoms with E-state index < -0.39 is 0 Å². The lowest BCUT2D eigenvalue weighted by Crippen LogP contribution is -2.39. The minimum atomic E-state index is -0.274. The number of rotatable bonds is 3. The molecule has 6 nitrogen and oxygen atoms in total. The summed E-state index contributed by atoms with van der Waals surface area (Å²) in [6.45, 7) is 1.86. The summed E-state index contributed by atoms with van der Waals surface area (Å²) in [5.74, 6) is 0.735. The van der Waals surface area contributed by atoms with Crippen molar-refractivity contribution < 1.29 is 19.1 Å². The number of para-hydroxylation sites is 2. The minimum Gasteiger partial charge on any atom is -0.493 e. The Kier molecular flexibility index (Phi) is 4.61. The van der Waals surface area contributed by atoms with E-state index in [-0.39, 0.29) is 24.3 Å². The molecule has 0 unspecified atom stereocenters. The van der Waals surface area contributed by atoms with Crippen molar-refractivity contribution in [3.05, 3.63) is 48.0 Å². The minimum absolute atomic E-state index is 0.109. The van der Waals surface area contributed by atoms with Crippen LogP contribution in [-0.2, 0) is 4.79 Å². The van der Waals surface area contributed by atoms with Crippen LogP contribution >= 0.6 is 0 Å². The largest absolute Gasteiger partial charge is 0.493 e. The van der Waals surface area contributed by atoms with Crippen molar-refractivity contribution in [2.75, 3.05) is 24.4 Å². The monoisotopic (exact) mass is 340 g/mol. The summed E-state index contributed by atoms with van der Waals surface area (Å²) < 4.78 is 10.5. The van der Waals surface area contributed by atoms with Crippen LogP contribution in [0.2, 0.25) is 0 Å². The fourth-order valence-electron chi connectivity index (χ4n) is 3.01. The fourth-order valence-corrected chi connectivity index (χ4v) is 3.01. The van der Waals surface area contributed by atoms with Crippen LogP contribution in [0.5, 0.6) is 11.5 Å². The Balaban J connectivity index is 2.05. The molecule has 0 saturated carbocycles. The van der Waals surface area contributed by atoms with Crippen LogP contribution in [0.1, 0.15) is 23.7 Å². The smallest absolute Gasteiger partial charge is 0.258 e. The Morgan fingerprint density at radius 3 is 2.56 bits per heavy atom. The van der Waals surface area contributed by atoms with Gasteiger partial charge in [-0.2, -0.15) is 0 Å². The summed E-state index contributed by atoms with van der Waals surface area (Å²) in [7, 11) is 3.07. The molecule has 1 aliphatic rings. The fraction of sp³-hybridized carbons (Fsp3) is 0.263. The van der Waals surface area contributed by atoms with Gasteiger partial charge in [-0.1, -0.05) is 12.1 Å². The van der Waals surface area contributed by atoms with Gasteiger partial charge in [-0.25, -0.2) is 0 Å². The first-order valence-corrected chi connectivity index (χ1v) is 7.99. The number of nitrogens with zero attached hydrogens (tertiary/aromatic N) is 1. The highest BCUT2D eigenvalue weighted by molar-refractivity contribution is 6.11. The lowest BCUT2D eigenvalue weighted by molar-refractivity contribution is -0.116. The number of nitrogens with one attached hydrogen (secondary N) is 1. The molecule has 0 saturated heterocycles. The van der Waals surface area contributed by atoms with Gasteiger partial charge >= 0.3 is 0 Å². The Morgan fingerprint density at radius 1 is 1.12 bits per heavy atom. The third-order valence-corrected chi connectivity index (χ3v) is 4.21. The number of carbonyl (C=O) groups excluding carboxylic acids is 2. The number of benzene rings is 2. The quantitative estimate of drug-likeness (QED) is 0.932. The van der Waals surface area contributed by atoms with Gasteiger partial charge in [-0.3, -0.25) is 9.59 Å². The Morgan fingerprint density at radius 2 is 1.84 bits per heavy atom. The molecule has 25 heavy (non-hydrogen) atoms. The van der Waals surface area contributed by atoms with Gasteiger partial charge in [0.15, 0.2) is 11.5 Å². The van der Waals surface area contributed by atoms with Gasteiger partial charge in [-0.15, -0.1) is 0 Å². The molecule has 1 N–H and O–H groups in total. The number of amides is 2. The van der Waals surface area contributed by atoms with E-state index in [0.717, 1.165) is 0 Å². The Labute approximate surface area is 146 Å². The van der Waals surface area contributed by atoms with Crippen molar-refractivity contribution in [1.29, 1.82) is 0 Å². The van der Waals surface area contributed by atoms with Crippen LogP contribution in [-0.4, -0.2) is 32.1 Å². The molecule has 2 amide bonds. The van der Waals surface area contributed by atoms with Gasteiger partial charge in [0.2, 0.25) is 5.91 Å². The highest BCUT2D eigenvalue weighted by atomic mass is 16.5. The van der Waals surface area contributed by atoms with Crippen LogP contribution in [0.3, 0.4) is 0 Å². The maximum Gasteiger partial charge on any atom is 0.258 e. The summed E-state index contributed by atoms with van der Waals surface area (Å²) in [6, 6.07) is 12.1. The topological polar surface area (TPSA) is 67.9 Å². The maximum absolute atomic E-state index is 13.2. The summed E-state index contributed by atoms with van der Waals surface area (Å²) in [6.07, 6.45) is 0.230. The van der Waals surface area contributed by atoms with Crippen molar-refractivity contribution in [3.8, 4) is 11.5 Å². The van der Waals surface area contributed by atoms with Gasteiger partial charge in [0.05, 0.1) is 25.6 Å². The number of anilines is 2. The molecule has 0 radical (unpaired) electrons. The zero-order valence-corrected chi connectivity index (χ0v) is 14.4. The van der Waals surface area contributed by atoms with E-state index in [1.165, 1.54) is 7.11 Å². The average molecular weight is 340 g/mol. The number of ether oxygens (including phenoxy) is 2. The highest BCUT2D eigenvalue weighted by Crippen LogP contribution is 2.34. The van der Waals surface area contributed by atoms with E-state index in [2.05, 4.69) is 5.32 Å². The van der Waals surface area contributed by atoms with Crippen molar-refractivity contribution >= 4 is 23.2 Å². The normalized spacial score (nSPS) is 16.5. The van der Waals surface area contributed by atoms with E-state index in [9.17, 15) is 9.59 Å². The van der Waals surface area contributed by atoms with Crippen molar-refractivity contribution in [2.45, 2.75) is 19.4 Å². The number of methoxy groups -OCH3 is 2. The van der Waals surface area contributed by atoms with Crippen molar-refractivity contribution in [2.24, 2.45) is 0 Å². The van der Waals surface area contributed by atoms with E-state index in [4.69, 9.17) is 9.47 Å². The molecular formula is C19H20N2O4. The SMILES string of the molecule is COc1ccc(C(=O)N2c3ccccc3NC(=O)C[C@H]2C)cc1OC. The van der Waals surface area contributed by atoms with E-state index in [1.807, 2.05) is 25.1 Å². The van der Waals surface area contributed by atoms with Crippen LogP contribution in [0.25, 0.3) is 0 Å². The Hall–Kier alpha value is -3.02. The number of hydrogen-bond donors (Lipinski definition) is 1. The molecule has 1 aliphatic heterocycles. The predicted molar refractivity (Wildman–Crippen MR) is 95.5 cm³/mol. The van der Waals surface area contributed by atoms with Crippen molar-refractivity contribution in [1.82, 2.24) is 0 Å². The van der Waals surface area contributed by atoms with Gasteiger partial charge in [0.1, 0.15) is 0 Å². The second-order valence-corrected chi connectivity index (χ2v) is 5.86. The third-order valence-electron chi connectivity index (χ3n) is 4.21. The molecule has 0 spiro atoms. The first-order chi connectivity index (χ1) is 12.0. The second-order valence-electron chi connectivity index (χ2n) is 5.86. The average Bonchev–Trinajstić information content (AvgIpc) is 2.74. The first-order valence-electron chi connectivity index (χ1n) is 7.99. The van der Waals surface area contributed by atoms with Gasteiger partial charge in [-0.05, 0) is 37.3 Å². The molecular weight excluding hydrogens is 320 g/mol. The van der Waals surface area contributed by atoms with Gasteiger partial charge in [0.25, 0.3) is 5.91 Å². The third kappa shape index (κ3) is 3.15. The summed E-state index contributed by atoms with van der Waals surface area (Å²) in [4.78, 5) is 26.9. The molecule has 2 aromatic carbocycles. The van der Waals surface area contributed by atoms with Gasteiger partial charge < -0.3 is 19.7 Å². The number of fused-ring (bicyclic) bond motifs is 1. The molecule has 130 valence electrons. The Bertz CT molecular complexity index is 819. The molecule has 0 aromatic heterocycles.